The average Bonchev–Trinajstić information content (AvgIpc) is 2.15. The van der Waals surface area contributed by atoms with Gasteiger partial charge >= 0.3 is 0 Å². The summed E-state index contributed by atoms with van der Waals surface area (Å²) in [6.45, 7) is 1.80. The summed E-state index contributed by atoms with van der Waals surface area (Å²) in [6, 6.07) is 0.972. The molecule has 2 bridgehead atoms. The zero-order chi connectivity index (χ0) is 11.6. The van der Waals surface area contributed by atoms with Crippen molar-refractivity contribution in [2.75, 3.05) is 0 Å². The van der Waals surface area contributed by atoms with Crippen LogP contribution in [0.25, 0.3) is 0 Å². The van der Waals surface area contributed by atoms with Gasteiger partial charge in [0.25, 0.3) is 0 Å². The second-order valence-corrected chi connectivity index (χ2v) is 5.80. The zero-order valence-electron chi connectivity index (χ0n) is 10.2. The van der Waals surface area contributed by atoms with Crippen LogP contribution < -0.4 is 5.32 Å². The van der Waals surface area contributed by atoms with Crippen molar-refractivity contribution >= 4 is 5.78 Å². The quantitative estimate of drug-likeness (QED) is 0.660. The van der Waals surface area contributed by atoms with Crippen LogP contribution in [0.2, 0.25) is 0 Å². The molecule has 0 aromatic heterocycles. The van der Waals surface area contributed by atoms with E-state index in [4.69, 9.17) is 0 Å². The van der Waals surface area contributed by atoms with Crippen LogP contribution >= 0.6 is 0 Å². The van der Waals surface area contributed by atoms with Crippen molar-refractivity contribution in [1.82, 2.24) is 5.32 Å². The van der Waals surface area contributed by atoms with Gasteiger partial charge in [-0.05, 0) is 39.0 Å². The van der Waals surface area contributed by atoms with Crippen molar-refractivity contribution < 1.29 is 9.90 Å². The maximum absolute atomic E-state index is 11.7. The van der Waals surface area contributed by atoms with E-state index in [0.717, 1.165) is 25.7 Å². The van der Waals surface area contributed by atoms with Gasteiger partial charge < -0.3 is 10.4 Å². The van der Waals surface area contributed by atoms with Crippen molar-refractivity contribution in [3.8, 4) is 0 Å². The fourth-order valence-corrected chi connectivity index (χ4v) is 3.16. The number of piperidine rings is 1. The fourth-order valence-electron chi connectivity index (χ4n) is 3.16. The van der Waals surface area contributed by atoms with E-state index in [9.17, 15) is 9.90 Å². The Hall–Kier alpha value is -0.410. The van der Waals surface area contributed by atoms with E-state index >= 15 is 0 Å². The molecule has 2 rings (SSSR count). The number of carbonyl (C=O) groups excluding carboxylic acids is 1. The molecule has 0 spiro atoms. The number of ketones is 1. The van der Waals surface area contributed by atoms with E-state index in [-0.39, 0.29) is 5.78 Å². The second kappa shape index (κ2) is 4.84. The molecule has 2 heterocycles. The molecular formula is C13H23NO2. The largest absolute Gasteiger partial charge is 0.390 e. The minimum atomic E-state index is -0.812. The number of aliphatic hydroxyl groups is 1. The van der Waals surface area contributed by atoms with Gasteiger partial charge in [0.05, 0.1) is 5.60 Å². The molecule has 0 aromatic rings. The maximum Gasteiger partial charge on any atom is 0.135 e. The predicted octanol–water partition coefficient (Wildman–Crippen LogP) is 1.78. The molecule has 0 aliphatic carbocycles. The van der Waals surface area contributed by atoms with Gasteiger partial charge in [0.1, 0.15) is 5.78 Å². The topological polar surface area (TPSA) is 49.3 Å². The van der Waals surface area contributed by atoms with E-state index in [1.165, 1.54) is 12.8 Å². The Morgan fingerprint density at radius 2 is 1.94 bits per heavy atom. The lowest BCUT2D eigenvalue weighted by atomic mass is 9.83. The maximum atomic E-state index is 11.7. The molecule has 3 atom stereocenters. The Bertz CT molecular complexity index is 263. The second-order valence-electron chi connectivity index (χ2n) is 5.80. The third kappa shape index (κ3) is 3.29. The number of fused-ring (bicyclic) bond motifs is 2. The summed E-state index contributed by atoms with van der Waals surface area (Å²) in [7, 11) is 0. The van der Waals surface area contributed by atoms with Crippen LogP contribution in [0.5, 0.6) is 0 Å². The van der Waals surface area contributed by atoms with Gasteiger partial charge in [-0.15, -0.1) is 0 Å². The Morgan fingerprint density at radius 1 is 1.25 bits per heavy atom. The lowest BCUT2D eigenvalue weighted by Crippen LogP contribution is -2.47. The molecule has 0 amide bonds. The molecule has 2 saturated heterocycles. The number of carbonyl (C=O) groups is 1. The van der Waals surface area contributed by atoms with Gasteiger partial charge in [0.15, 0.2) is 0 Å². The Labute approximate surface area is 97.6 Å². The van der Waals surface area contributed by atoms with Crippen LogP contribution in [0.4, 0.5) is 0 Å². The summed E-state index contributed by atoms with van der Waals surface area (Å²) >= 11 is 0. The molecule has 2 aliphatic rings. The van der Waals surface area contributed by atoms with Crippen LogP contribution in [0.1, 0.15) is 58.3 Å². The Kier molecular flexibility index (Phi) is 3.65. The van der Waals surface area contributed by atoms with Crippen LogP contribution in [-0.2, 0) is 4.79 Å². The van der Waals surface area contributed by atoms with Crippen LogP contribution in [0.3, 0.4) is 0 Å². The highest BCUT2D eigenvalue weighted by atomic mass is 16.3. The average molecular weight is 225 g/mol. The lowest BCUT2D eigenvalue weighted by molar-refractivity contribution is -0.124. The first kappa shape index (κ1) is 12.1. The Morgan fingerprint density at radius 3 is 2.75 bits per heavy atom. The van der Waals surface area contributed by atoms with E-state index in [2.05, 4.69) is 5.32 Å². The van der Waals surface area contributed by atoms with Gasteiger partial charge in [0.2, 0.25) is 0 Å². The summed E-state index contributed by atoms with van der Waals surface area (Å²) in [5.74, 6) is 0.227. The summed E-state index contributed by atoms with van der Waals surface area (Å²) in [4.78, 5) is 11.7. The van der Waals surface area contributed by atoms with Gasteiger partial charge in [-0.3, -0.25) is 4.79 Å². The molecule has 0 aromatic carbocycles. The number of hydrogen-bond donors (Lipinski definition) is 2. The molecule has 3 nitrogen and oxygen atoms in total. The van der Waals surface area contributed by atoms with Crippen molar-refractivity contribution in [2.45, 2.75) is 76.0 Å². The van der Waals surface area contributed by atoms with E-state index in [0.29, 0.717) is 24.9 Å². The Balaban J connectivity index is 2.04. The smallest absolute Gasteiger partial charge is 0.135 e. The summed E-state index contributed by atoms with van der Waals surface area (Å²) in [5.41, 5.74) is -0.812. The normalized spacial score (nSPS) is 41.8. The summed E-state index contributed by atoms with van der Waals surface area (Å²) in [6.07, 6.45) is 7.40. The first-order chi connectivity index (χ1) is 7.55. The summed E-state index contributed by atoms with van der Waals surface area (Å²) in [5, 5.41) is 13.8. The highest BCUT2D eigenvalue weighted by Gasteiger charge is 2.31. The number of nitrogens with one attached hydrogen (secondary N) is 1. The minimum Gasteiger partial charge on any atom is -0.390 e. The van der Waals surface area contributed by atoms with Crippen molar-refractivity contribution in [2.24, 2.45) is 0 Å². The third-order valence-electron chi connectivity index (χ3n) is 3.85. The number of hydrogen-bond acceptors (Lipinski definition) is 3. The third-order valence-corrected chi connectivity index (χ3v) is 3.85. The standard InChI is InChI=1S/C13H23NO2/c1-13(16)8-11-6-2-4-10(14-11)5-3-7-12(15)9-13/h10-11,14,16H,2-9H2,1H3. The molecule has 2 N–H and O–H groups in total. The van der Waals surface area contributed by atoms with E-state index < -0.39 is 5.60 Å². The SMILES string of the molecule is CC1(O)CC(=O)CCCC2CCCC(C1)N2. The molecule has 16 heavy (non-hydrogen) atoms. The molecule has 2 fully saturated rings. The van der Waals surface area contributed by atoms with Gasteiger partial charge in [-0.25, -0.2) is 0 Å². The zero-order valence-corrected chi connectivity index (χ0v) is 10.2. The molecule has 0 saturated carbocycles. The van der Waals surface area contributed by atoms with Crippen LogP contribution in [0, 0.1) is 0 Å². The number of Topliss-reactive ketones (excluding diaryl/α,β-unsaturated/α-hetero) is 1. The van der Waals surface area contributed by atoms with Crippen LogP contribution in [0.15, 0.2) is 0 Å². The highest BCUT2D eigenvalue weighted by Crippen LogP contribution is 2.27. The predicted molar refractivity (Wildman–Crippen MR) is 63.3 cm³/mol. The first-order valence-corrected chi connectivity index (χ1v) is 6.55. The van der Waals surface area contributed by atoms with Gasteiger partial charge in [0, 0.05) is 24.9 Å². The van der Waals surface area contributed by atoms with Gasteiger partial charge in [-0.2, -0.15) is 0 Å². The van der Waals surface area contributed by atoms with Gasteiger partial charge in [-0.1, -0.05) is 6.42 Å². The molecule has 3 heteroatoms. The number of rotatable bonds is 0. The van der Waals surface area contributed by atoms with Crippen molar-refractivity contribution in [1.29, 1.82) is 0 Å². The monoisotopic (exact) mass is 225 g/mol. The van der Waals surface area contributed by atoms with E-state index in [1.807, 2.05) is 0 Å². The fraction of sp³-hybridized carbons (Fsp3) is 0.923. The van der Waals surface area contributed by atoms with Crippen LogP contribution in [-0.4, -0.2) is 28.6 Å². The minimum absolute atomic E-state index is 0.227. The first-order valence-electron chi connectivity index (χ1n) is 6.55. The lowest BCUT2D eigenvalue weighted by Gasteiger charge is -2.36. The van der Waals surface area contributed by atoms with Crippen molar-refractivity contribution in [3.63, 3.8) is 0 Å². The molecular weight excluding hydrogens is 202 g/mol. The molecule has 3 unspecified atom stereocenters. The van der Waals surface area contributed by atoms with Crippen molar-refractivity contribution in [3.05, 3.63) is 0 Å². The summed E-state index contributed by atoms with van der Waals surface area (Å²) < 4.78 is 0. The van der Waals surface area contributed by atoms with E-state index in [1.54, 1.807) is 6.92 Å². The molecule has 92 valence electrons. The highest BCUT2D eigenvalue weighted by molar-refractivity contribution is 5.79. The molecule has 0 radical (unpaired) electrons. The molecule has 2 aliphatic heterocycles.